The van der Waals surface area contributed by atoms with E-state index in [4.69, 9.17) is 9.47 Å². The first-order valence-electron chi connectivity index (χ1n) is 11.5. The number of amides is 1. The highest BCUT2D eigenvalue weighted by Gasteiger charge is 2.48. The molecule has 9 heteroatoms. The summed E-state index contributed by atoms with van der Waals surface area (Å²) in [5.74, 6) is -0.301. The van der Waals surface area contributed by atoms with Gasteiger partial charge in [0, 0.05) is 12.0 Å². The van der Waals surface area contributed by atoms with E-state index in [0.29, 0.717) is 40.0 Å². The highest BCUT2D eigenvalue weighted by molar-refractivity contribution is 7.15. The van der Waals surface area contributed by atoms with Crippen LogP contribution in [-0.2, 0) is 16.0 Å². The number of carbonyl (C=O) groups excluding carboxylic acids is 2. The lowest BCUT2D eigenvalue weighted by atomic mass is 9.94. The second kappa shape index (κ2) is 9.14. The summed E-state index contributed by atoms with van der Waals surface area (Å²) in [4.78, 5) is 27.8. The number of hydrogen-bond acceptors (Lipinski definition) is 8. The van der Waals surface area contributed by atoms with Crippen LogP contribution >= 0.6 is 11.3 Å². The number of aliphatic hydroxyl groups excluding tert-OH is 1. The molecule has 180 valence electrons. The van der Waals surface area contributed by atoms with E-state index in [1.165, 1.54) is 16.2 Å². The van der Waals surface area contributed by atoms with Crippen molar-refractivity contribution in [3.63, 3.8) is 0 Å². The molecule has 0 saturated carbocycles. The highest BCUT2D eigenvalue weighted by atomic mass is 32.1. The summed E-state index contributed by atoms with van der Waals surface area (Å²) in [5, 5.41) is 20.5. The summed E-state index contributed by atoms with van der Waals surface area (Å²) in [6, 6.07) is 11.6. The maximum atomic E-state index is 13.3. The molecule has 0 radical (unpaired) electrons. The van der Waals surface area contributed by atoms with Gasteiger partial charge in [-0.25, -0.2) is 0 Å². The average molecular weight is 492 g/mol. The number of aromatic nitrogens is 2. The lowest BCUT2D eigenvalue weighted by molar-refractivity contribution is -0.132. The minimum atomic E-state index is -0.856. The van der Waals surface area contributed by atoms with Gasteiger partial charge < -0.3 is 14.6 Å². The molecule has 2 atom stereocenters. The van der Waals surface area contributed by atoms with Crippen molar-refractivity contribution >= 4 is 33.9 Å². The van der Waals surface area contributed by atoms with Crippen molar-refractivity contribution in [2.75, 3.05) is 11.5 Å². The van der Waals surface area contributed by atoms with Gasteiger partial charge in [-0.15, -0.1) is 10.2 Å². The number of fused-ring (bicyclic) bond motifs is 1. The van der Waals surface area contributed by atoms with E-state index >= 15 is 0 Å². The van der Waals surface area contributed by atoms with Crippen LogP contribution in [0.15, 0.2) is 48.0 Å². The van der Waals surface area contributed by atoms with Gasteiger partial charge in [-0.1, -0.05) is 30.4 Å². The molecule has 35 heavy (non-hydrogen) atoms. The number of aliphatic hydroxyl groups is 1. The molecule has 0 spiro atoms. The van der Waals surface area contributed by atoms with Crippen molar-refractivity contribution in [2.45, 2.75) is 45.8 Å². The zero-order chi connectivity index (χ0) is 24.7. The molecule has 1 aromatic heterocycles. The van der Waals surface area contributed by atoms with Crippen LogP contribution in [0, 0.1) is 6.92 Å². The predicted molar refractivity (Wildman–Crippen MR) is 132 cm³/mol. The Hall–Kier alpha value is -3.72. The van der Waals surface area contributed by atoms with Crippen LogP contribution < -0.4 is 14.4 Å². The van der Waals surface area contributed by atoms with E-state index in [9.17, 15) is 14.7 Å². The Bertz CT molecular complexity index is 1330. The van der Waals surface area contributed by atoms with Crippen molar-refractivity contribution in [1.82, 2.24) is 10.2 Å². The molecule has 1 saturated heterocycles. The molecule has 8 nitrogen and oxygen atoms in total. The number of Topliss-reactive ketones (excluding diaryl/α,β-unsaturated/α-hetero) is 1. The number of nitrogens with zero attached hydrogens (tertiary/aromatic N) is 3. The summed E-state index contributed by atoms with van der Waals surface area (Å²) in [5.41, 5.74) is 2.07. The minimum absolute atomic E-state index is 0.0111. The monoisotopic (exact) mass is 491 g/mol. The van der Waals surface area contributed by atoms with Gasteiger partial charge in [0.25, 0.3) is 5.78 Å². The quantitative estimate of drug-likeness (QED) is 0.306. The molecule has 1 amide bonds. The van der Waals surface area contributed by atoms with Crippen LogP contribution in [0.4, 0.5) is 5.13 Å². The van der Waals surface area contributed by atoms with Gasteiger partial charge in [-0.3, -0.25) is 14.5 Å². The molecular formula is C26H25N3O5S. The van der Waals surface area contributed by atoms with E-state index in [-0.39, 0.29) is 17.4 Å². The third kappa shape index (κ3) is 4.16. The zero-order valence-electron chi connectivity index (χ0n) is 19.6. The van der Waals surface area contributed by atoms with Crippen molar-refractivity contribution in [3.05, 3.63) is 69.7 Å². The SMILES string of the molecule is CCCOc1ccc([C@@H]2C(=C(O)c3ccc4c(c3)C[C@@H](C)O4)C(=O)C(=O)N2c2nnc(C)s2)cc1. The second-order valence-electron chi connectivity index (χ2n) is 8.65. The van der Waals surface area contributed by atoms with E-state index in [2.05, 4.69) is 10.2 Å². The first-order chi connectivity index (χ1) is 16.9. The van der Waals surface area contributed by atoms with Crippen LogP contribution in [0.1, 0.15) is 48.0 Å². The molecule has 3 heterocycles. The van der Waals surface area contributed by atoms with Gasteiger partial charge >= 0.3 is 5.91 Å². The molecule has 1 N–H and O–H groups in total. The molecule has 0 aliphatic carbocycles. The van der Waals surface area contributed by atoms with E-state index in [1.807, 2.05) is 19.9 Å². The second-order valence-corrected chi connectivity index (χ2v) is 9.81. The fourth-order valence-electron chi connectivity index (χ4n) is 4.42. The third-order valence-corrected chi connectivity index (χ3v) is 6.84. The fourth-order valence-corrected chi connectivity index (χ4v) is 5.13. The molecule has 5 rings (SSSR count). The van der Waals surface area contributed by atoms with Crippen molar-refractivity contribution in [3.8, 4) is 11.5 Å². The van der Waals surface area contributed by atoms with Gasteiger partial charge in [0.15, 0.2) is 0 Å². The van der Waals surface area contributed by atoms with Crippen molar-refractivity contribution < 1.29 is 24.2 Å². The van der Waals surface area contributed by atoms with Crippen LogP contribution in [0.5, 0.6) is 11.5 Å². The molecule has 2 aliphatic heterocycles. The van der Waals surface area contributed by atoms with Gasteiger partial charge in [0.2, 0.25) is 5.13 Å². The number of carbonyl (C=O) groups is 2. The summed E-state index contributed by atoms with van der Waals surface area (Å²) in [7, 11) is 0. The summed E-state index contributed by atoms with van der Waals surface area (Å²) in [6.45, 7) is 6.36. The van der Waals surface area contributed by atoms with Gasteiger partial charge in [0.1, 0.15) is 28.4 Å². The lowest BCUT2D eigenvalue weighted by Crippen LogP contribution is -2.29. The Balaban J connectivity index is 1.62. The molecule has 2 aliphatic rings. The number of hydrogen-bond donors (Lipinski definition) is 1. The Morgan fingerprint density at radius 2 is 1.97 bits per heavy atom. The summed E-state index contributed by atoms with van der Waals surface area (Å²) >= 11 is 1.21. The predicted octanol–water partition coefficient (Wildman–Crippen LogP) is 4.59. The Morgan fingerprint density at radius 3 is 2.66 bits per heavy atom. The topological polar surface area (TPSA) is 102 Å². The Morgan fingerprint density at radius 1 is 1.20 bits per heavy atom. The third-order valence-electron chi connectivity index (χ3n) is 6.00. The van der Waals surface area contributed by atoms with Crippen LogP contribution in [0.2, 0.25) is 0 Å². The lowest BCUT2D eigenvalue weighted by Gasteiger charge is -2.22. The van der Waals surface area contributed by atoms with Crippen LogP contribution in [0.3, 0.4) is 0 Å². The number of rotatable bonds is 6. The molecule has 3 aromatic rings. The first-order valence-corrected chi connectivity index (χ1v) is 12.3. The first kappa shape index (κ1) is 23.0. The van der Waals surface area contributed by atoms with Gasteiger partial charge in [0.05, 0.1) is 18.2 Å². The maximum absolute atomic E-state index is 13.3. The van der Waals surface area contributed by atoms with E-state index in [1.54, 1.807) is 43.3 Å². The minimum Gasteiger partial charge on any atom is -0.507 e. The number of ether oxygens (including phenoxy) is 2. The normalized spacial score (nSPS) is 20.7. The zero-order valence-corrected chi connectivity index (χ0v) is 20.5. The fraction of sp³-hybridized carbons (Fsp3) is 0.308. The smallest absolute Gasteiger partial charge is 0.301 e. The number of anilines is 1. The van der Waals surface area contributed by atoms with E-state index in [0.717, 1.165) is 17.7 Å². The number of aryl methyl sites for hydroxylation is 1. The van der Waals surface area contributed by atoms with Crippen LogP contribution in [-0.4, -0.2) is 39.7 Å². The Kier molecular flexibility index (Phi) is 6.02. The molecule has 0 unspecified atom stereocenters. The molecule has 1 fully saturated rings. The maximum Gasteiger partial charge on any atom is 0.301 e. The Labute approximate surface area is 206 Å². The number of ketones is 1. The standard InChI is InChI=1S/C26H25N3O5S/c1-4-11-33-19-8-5-16(6-9-19)22-21(24(31)25(32)29(22)26-28-27-15(3)35-26)23(30)17-7-10-20-18(13-17)12-14(2)34-20/h5-10,13-14,22,30H,4,11-12H2,1-3H3/t14-,22-/m1/s1. The average Bonchev–Trinajstić information content (AvgIpc) is 3.52. The summed E-state index contributed by atoms with van der Waals surface area (Å²) in [6.07, 6.45) is 1.63. The molecular weight excluding hydrogens is 466 g/mol. The van der Waals surface area contributed by atoms with Crippen LogP contribution in [0.25, 0.3) is 5.76 Å². The summed E-state index contributed by atoms with van der Waals surface area (Å²) < 4.78 is 11.4. The van der Waals surface area contributed by atoms with Gasteiger partial charge in [-0.2, -0.15) is 0 Å². The largest absolute Gasteiger partial charge is 0.507 e. The molecule has 2 aromatic carbocycles. The van der Waals surface area contributed by atoms with E-state index < -0.39 is 17.7 Å². The number of benzene rings is 2. The van der Waals surface area contributed by atoms with Gasteiger partial charge in [-0.05, 0) is 61.7 Å². The van der Waals surface area contributed by atoms with Crippen molar-refractivity contribution in [1.29, 1.82) is 0 Å². The highest BCUT2D eigenvalue weighted by Crippen LogP contribution is 2.43. The molecule has 0 bridgehead atoms. The van der Waals surface area contributed by atoms with Crippen molar-refractivity contribution in [2.24, 2.45) is 0 Å².